The molecule has 0 radical (unpaired) electrons. The molecular weight excluding hydrogens is 300 g/mol. The van der Waals surface area contributed by atoms with Gasteiger partial charge in [-0.25, -0.2) is 4.98 Å². The molecule has 0 aromatic carbocycles. The van der Waals surface area contributed by atoms with Crippen LogP contribution in [0.5, 0.6) is 0 Å². The Morgan fingerprint density at radius 1 is 1.67 bits per heavy atom. The van der Waals surface area contributed by atoms with Crippen molar-refractivity contribution >= 4 is 27.4 Å². The number of nitrogens with zero attached hydrogens (tertiary/aromatic N) is 3. The van der Waals surface area contributed by atoms with Crippen LogP contribution in [0.3, 0.4) is 0 Å². The lowest BCUT2D eigenvalue weighted by Crippen LogP contribution is -2.39. The van der Waals surface area contributed by atoms with E-state index in [1.54, 1.807) is 0 Å². The first-order valence-corrected chi connectivity index (χ1v) is 6.60. The van der Waals surface area contributed by atoms with Crippen LogP contribution in [-0.4, -0.2) is 41.0 Å². The molecule has 18 heavy (non-hydrogen) atoms. The maximum absolute atomic E-state index is 10.6. The summed E-state index contributed by atoms with van der Waals surface area (Å²) in [6.45, 7) is 2.08. The Hall–Kier alpha value is -1.21. The van der Waals surface area contributed by atoms with E-state index in [2.05, 4.69) is 38.2 Å². The number of halogens is 1. The highest BCUT2D eigenvalue weighted by Crippen LogP contribution is 2.26. The van der Waals surface area contributed by atoms with E-state index in [1.165, 1.54) is 12.3 Å². The number of rotatable bonds is 3. The number of pyridine rings is 1. The molecule has 2 rings (SSSR count). The summed E-state index contributed by atoms with van der Waals surface area (Å²) in [5, 5.41) is 13.9. The molecule has 0 bridgehead atoms. The summed E-state index contributed by atoms with van der Waals surface area (Å²) in [5.41, 5.74) is -0.00631. The van der Waals surface area contributed by atoms with Crippen molar-refractivity contribution in [3.63, 3.8) is 0 Å². The van der Waals surface area contributed by atoms with E-state index in [1.807, 2.05) is 0 Å². The van der Waals surface area contributed by atoms with E-state index >= 15 is 0 Å². The van der Waals surface area contributed by atoms with Crippen LogP contribution in [0.15, 0.2) is 16.7 Å². The molecule has 2 heterocycles. The normalized spacial score (nSPS) is 20.7. The fourth-order valence-corrected chi connectivity index (χ4v) is 2.56. The largest absolute Gasteiger partial charge is 0.365 e. The van der Waals surface area contributed by atoms with E-state index in [-0.39, 0.29) is 5.69 Å². The van der Waals surface area contributed by atoms with Gasteiger partial charge in [0.1, 0.15) is 12.0 Å². The molecule has 7 heteroatoms. The van der Waals surface area contributed by atoms with Gasteiger partial charge < -0.3 is 10.2 Å². The topological polar surface area (TPSA) is 71.3 Å². The number of likely N-dealkylation sites (N-methyl/N-ethyl adjacent to an activating group) is 1. The number of likely N-dealkylation sites (tertiary alicyclic amines) is 1. The summed E-state index contributed by atoms with van der Waals surface area (Å²) in [4.78, 5) is 16.5. The molecule has 0 spiro atoms. The Bertz CT molecular complexity index is 455. The Labute approximate surface area is 114 Å². The molecule has 1 aromatic heterocycles. The van der Waals surface area contributed by atoms with Crippen molar-refractivity contribution in [3.8, 4) is 0 Å². The number of aromatic nitrogens is 1. The zero-order valence-electron chi connectivity index (χ0n) is 10.1. The number of nitrogens with one attached hydrogen (secondary N) is 1. The van der Waals surface area contributed by atoms with Crippen molar-refractivity contribution in [2.75, 3.05) is 25.5 Å². The molecule has 1 aromatic rings. The first-order valence-electron chi connectivity index (χ1n) is 5.81. The number of anilines is 1. The second-order valence-electron chi connectivity index (χ2n) is 4.53. The van der Waals surface area contributed by atoms with E-state index in [4.69, 9.17) is 0 Å². The molecule has 0 aliphatic carbocycles. The standard InChI is InChI=1S/C11H15BrN4O2/c1-15-4-2-3-8(7-15)14-11-10(12)5-9(6-13-11)16(17)18/h5-6,8H,2-4,7H2,1H3,(H,13,14). The molecule has 1 unspecified atom stereocenters. The van der Waals surface area contributed by atoms with Gasteiger partial charge in [0.05, 0.1) is 9.40 Å². The predicted octanol–water partition coefficient (Wildman–Crippen LogP) is 2.26. The molecule has 1 N–H and O–H groups in total. The number of piperidine rings is 1. The summed E-state index contributed by atoms with van der Waals surface area (Å²) in [6, 6.07) is 1.82. The minimum atomic E-state index is -0.448. The monoisotopic (exact) mass is 314 g/mol. The molecule has 1 atom stereocenters. The molecular formula is C11H15BrN4O2. The average molecular weight is 315 g/mol. The zero-order valence-corrected chi connectivity index (χ0v) is 11.7. The van der Waals surface area contributed by atoms with E-state index in [0.717, 1.165) is 25.9 Å². The van der Waals surface area contributed by atoms with E-state index in [0.29, 0.717) is 16.3 Å². The third-order valence-electron chi connectivity index (χ3n) is 3.00. The van der Waals surface area contributed by atoms with Crippen LogP contribution in [-0.2, 0) is 0 Å². The van der Waals surface area contributed by atoms with E-state index in [9.17, 15) is 10.1 Å². The Morgan fingerprint density at radius 3 is 3.06 bits per heavy atom. The van der Waals surface area contributed by atoms with Gasteiger partial charge >= 0.3 is 0 Å². The molecule has 0 saturated carbocycles. The van der Waals surface area contributed by atoms with Crippen LogP contribution in [0.2, 0.25) is 0 Å². The second kappa shape index (κ2) is 5.62. The van der Waals surface area contributed by atoms with Gasteiger partial charge in [-0.1, -0.05) is 0 Å². The molecule has 6 nitrogen and oxygen atoms in total. The second-order valence-corrected chi connectivity index (χ2v) is 5.38. The third kappa shape index (κ3) is 3.17. The summed E-state index contributed by atoms with van der Waals surface area (Å²) in [6.07, 6.45) is 3.52. The van der Waals surface area contributed by atoms with Crippen LogP contribution in [0, 0.1) is 10.1 Å². The highest BCUT2D eigenvalue weighted by Gasteiger charge is 2.19. The predicted molar refractivity (Wildman–Crippen MR) is 72.7 cm³/mol. The van der Waals surface area contributed by atoms with Crippen molar-refractivity contribution in [2.24, 2.45) is 0 Å². The van der Waals surface area contributed by atoms with E-state index < -0.39 is 4.92 Å². The van der Waals surface area contributed by atoms with Gasteiger partial charge in [0, 0.05) is 18.7 Å². The SMILES string of the molecule is CN1CCCC(Nc2ncc([N+](=O)[O-])cc2Br)C1. The smallest absolute Gasteiger partial charge is 0.288 e. The number of nitro groups is 1. The minimum Gasteiger partial charge on any atom is -0.365 e. The summed E-state index contributed by atoms with van der Waals surface area (Å²) >= 11 is 3.31. The molecule has 1 fully saturated rings. The maximum atomic E-state index is 10.6. The zero-order chi connectivity index (χ0) is 13.1. The number of hydrogen-bond donors (Lipinski definition) is 1. The number of hydrogen-bond acceptors (Lipinski definition) is 5. The first kappa shape index (κ1) is 13.2. The van der Waals surface area contributed by atoms with Gasteiger partial charge in [-0.05, 0) is 42.4 Å². The molecule has 0 amide bonds. The molecule has 98 valence electrons. The summed E-state index contributed by atoms with van der Waals surface area (Å²) < 4.78 is 0.630. The quantitative estimate of drug-likeness (QED) is 0.684. The highest BCUT2D eigenvalue weighted by molar-refractivity contribution is 9.10. The molecule has 1 saturated heterocycles. The fraction of sp³-hybridized carbons (Fsp3) is 0.545. The van der Waals surface area contributed by atoms with Gasteiger partial charge in [0.25, 0.3) is 5.69 Å². The summed E-state index contributed by atoms with van der Waals surface area (Å²) in [7, 11) is 2.09. The highest BCUT2D eigenvalue weighted by atomic mass is 79.9. The van der Waals surface area contributed by atoms with Crippen LogP contribution < -0.4 is 5.32 Å². The fourth-order valence-electron chi connectivity index (χ4n) is 2.11. The first-order chi connectivity index (χ1) is 8.56. The van der Waals surface area contributed by atoms with Gasteiger partial charge in [0.15, 0.2) is 0 Å². The van der Waals surface area contributed by atoms with Crippen LogP contribution >= 0.6 is 15.9 Å². The van der Waals surface area contributed by atoms with Crippen molar-refractivity contribution in [1.82, 2.24) is 9.88 Å². The van der Waals surface area contributed by atoms with Crippen molar-refractivity contribution in [2.45, 2.75) is 18.9 Å². The summed E-state index contributed by atoms with van der Waals surface area (Å²) in [5.74, 6) is 0.668. The molecule has 1 aliphatic rings. The van der Waals surface area contributed by atoms with Crippen molar-refractivity contribution in [1.29, 1.82) is 0 Å². The Kier molecular flexibility index (Phi) is 4.13. The van der Waals surface area contributed by atoms with Gasteiger partial charge in [-0.3, -0.25) is 10.1 Å². The average Bonchev–Trinajstić information content (AvgIpc) is 2.31. The Balaban J connectivity index is 2.07. The molecule has 1 aliphatic heterocycles. The lowest BCUT2D eigenvalue weighted by Gasteiger charge is -2.30. The van der Waals surface area contributed by atoms with Gasteiger partial charge in [-0.2, -0.15) is 0 Å². The lowest BCUT2D eigenvalue weighted by atomic mass is 10.1. The van der Waals surface area contributed by atoms with Gasteiger partial charge in [-0.15, -0.1) is 0 Å². The van der Waals surface area contributed by atoms with Crippen LogP contribution in [0.25, 0.3) is 0 Å². The maximum Gasteiger partial charge on any atom is 0.288 e. The lowest BCUT2D eigenvalue weighted by molar-refractivity contribution is -0.385. The van der Waals surface area contributed by atoms with Crippen LogP contribution in [0.4, 0.5) is 11.5 Å². The van der Waals surface area contributed by atoms with Gasteiger partial charge in [0.2, 0.25) is 0 Å². The Morgan fingerprint density at radius 2 is 2.44 bits per heavy atom. The minimum absolute atomic E-state index is 0.00631. The van der Waals surface area contributed by atoms with Crippen molar-refractivity contribution in [3.05, 3.63) is 26.9 Å². The van der Waals surface area contributed by atoms with Crippen LogP contribution in [0.1, 0.15) is 12.8 Å². The third-order valence-corrected chi connectivity index (χ3v) is 3.61. The van der Waals surface area contributed by atoms with Crippen molar-refractivity contribution < 1.29 is 4.92 Å².